The van der Waals surface area contributed by atoms with Crippen LogP contribution in [-0.4, -0.2) is 9.55 Å². The highest BCUT2D eigenvalue weighted by atomic mass is 35.5. The smallest absolute Gasteiger partial charge is 0.182 e. The van der Waals surface area contributed by atoms with E-state index < -0.39 is 0 Å². The van der Waals surface area contributed by atoms with E-state index in [1.165, 1.54) is 11.3 Å². The molecule has 0 saturated carbocycles. The van der Waals surface area contributed by atoms with Crippen LogP contribution < -0.4 is 4.80 Å². The summed E-state index contributed by atoms with van der Waals surface area (Å²) in [6.07, 6.45) is 1.73. The average molecular weight is 336 g/mol. The van der Waals surface area contributed by atoms with Crippen LogP contribution in [0, 0.1) is 5.41 Å². The molecule has 21 heavy (non-hydrogen) atoms. The Morgan fingerprint density at radius 1 is 1.10 bits per heavy atom. The summed E-state index contributed by atoms with van der Waals surface area (Å²) in [5.41, 5.74) is 3.04. The fourth-order valence-corrected chi connectivity index (χ4v) is 3.05. The van der Waals surface area contributed by atoms with E-state index in [1.807, 2.05) is 40.3 Å². The zero-order valence-corrected chi connectivity index (χ0v) is 13.2. The molecule has 0 bridgehead atoms. The van der Waals surface area contributed by atoms with Crippen LogP contribution in [0.4, 0.5) is 0 Å². The van der Waals surface area contributed by atoms with Gasteiger partial charge < -0.3 is 4.57 Å². The molecule has 0 fully saturated rings. The fourth-order valence-electron chi connectivity index (χ4n) is 2.03. The summed E-state index contributed by atoms with van der Waals surface area (Å²) in [4.78, 5) is 4.58. The zero-order valence-electron chi connectivity index (χ0n) is 10.9. The Kier molecular flexibility index (Phi) is 4.10. The summed E-state index contributed by atoms with van der Waals surface area (Å²) >= 11 is 13.1. The Bertz CT molecular complexity index is 804. The largest absolute Gasteiger partial charge is 0.312 e. The van der Waals surface area contributed by atoms with Crippen molar-refractivity contribution in [2.45, 2.75) is 6.54 Å². The molecule has 0 aliphatic carbocycles. The first-order chi connectivity index (χ1) is 10.1. The summed E-state index contributed by atoms with van der Waals surface area (Å²) in [6.45, 7) is 0.588. The van der Waals surface area contributed by atoms with Crippen LogP contribution in [-0.2, 0) is 6.54 Å². The minimum atomic E-state index is 0.470. The molecule has 0 aliphatic rings. The maximum absolute atomic E-state index is 8.08. The molecule has 3 nitrogen and oxygen atoms in total. The predicted octanol–water partition coefficient (Wildman–Crippen LogP) is 4.45. The second-order valence-electron chi connectivity index (χ2n) is 4.51. The molecule has 0 saturated heterocycles. The Hall–Kier alpha value is -1.62. The van der Waals surface area contributed by atoms with Crippen LogP contribution in [0.15, 0.2) is 48.0 Å². The maximum Gasteiger partial charge on any atom is 0.182 e. The summed E-state index contributed by atoms with van der Waals surface area (Å²) in [5, 5.41) is 11.2. The average Bonchev–Trinajstić information content (AvgIpc) is 2.84. The standard InChI is InChI=1S/C15H11Cl2N3S/c16-12-4-2-11(3-5-12)13-9-21-15(18)20(13)8-10-1-6-14(17)19-7-10/h1-7,9,18H,8H2. The lowest BCUT2D eigenvalue weighted by Gasteiger charge is -2.09. The quantitative estimate of drug-likeness (QED) is 0.706. The van der Waals surface area contributed by atoms with Crippen molar-refractivity contribution in [3.05, 3.63) is 68.5 Å². The van der Waals surface area contributed by atoms with Crippen LogP contribution >= 0.6 is 34.5 Å². The van der Waals surface area contributed by atoms with E-state index in [-0.39, 0.29) is 0 Å². The van der Waals surface area contributed by atoms with Gasteiger partial charge >= 0.3 is 0 Å². The molecule has 106 valence electrons. The number of rotatable bonds is 3. The predicted molar refractivity (Wildman–Crippen MR) is 87.0 cm³/mol. The van der Waals surface area contributed by atoms with E-state index in [4.69, 9.17) is 28.6 Å². The van der Waals surface area contributed by atoms with Crippen LogP contribution in [0.3, 0.4) is 0 Å². The van der Waals surface area contributed by atoms with Crippen LogP contribution in [0.2, 0.25) is 10.2 Å². The van der Waals surface area contributed by atoms with Crippen LogP contribution in [0.25, 0.3) is 11.3 Å². The Labute approximate surface area is 135 Å². The van der Waals surface area contributed by atoms with Gasteiger partial charge in [0.25, 0.3) is 0 Å². The van der Waals surface area contributed by atoms with Gasteiger partial charge in [-0.25, -0.2) is 4.98 Å². The Morgan fingerprint density at radius 2 is 1.86 bits per heavy atom. The summed E-state index contributed by atoms with van der Waals surface area (Å²) in [5.74, 6) is 0. The van der Waals surface area contributed by atoms with Crippen LogP contribution in [0.1, 0.15) is 5.56 Å². The van der Waals surface area contributed by atoms with Crippen molar-refractivity contribution in [1.29, 1.82) is 5.41 Å². The highest BCUT2D eigenvalue weighted by molar-refractivity contribution is 7.07. The van der Waals surface area contributed by atoms with Crippen molar-refractivity contribution in [1.82, 2.24) is 9.55 Å². The Morgan fingerprint density at radius 3 is 2.52 bits per heavy atom. The molecule has 0 amide bonds. The van der Waals surface area contributed by atoms with Gasteiger partial charge in [-0.1, -0.05) is 41.4 Å². The highest BCUT2D eigenvalue weighted by Gasteiger charge is 2.08. The highest BCUT2D eigenvalue weighted by Crippen LogP contribution is 2.23. The number of nitrogens with one attached hydrogen (secondary N) is 1. The van der Waals surface area contributed by atoms with E-state index in [9.17, 15) is 0 Å². The van der Waals surface area contributed by atoms with Gasteiger partial charge in [-0.15, -0.1) is 11.3 Å². The summed E-state index contributed by atoms with van der Waals surface area (Å²) < 4.78 is 1.94. The molecule has 0 radical (unpaired) electrons. The lowest BCUT2D eigenvalue weighted by Crippen LogP contribution is -2.15. The van der Waals surface area contributed by atoms with Gasteiger partial charge in [0.2, 0.25) is 0 Å². The lowest BCUT2D eigenvalue weighted by atomic mass is 10.1. The fraction of sp³-hybridized carbons (Fsp3) is 0.0667. The van der Waals surface area contributed by atoms with Gasteiger partial charge in [-0.05, 0) is 29.3 Å². The molecule has 0 spiro atoms. The number of aromatic nitrogens is 2. The Balaban J connectivity index is 1.99. The summed E-state index contributed by atoms with van der Waals surface area (Å²) in [6, 6.07) is 11.3. The second kappa shape index (κ2) is 6.02. The van der Waals surface area contributed by atoms with Crippen molar-refractivity contribution < 1.29 is 0 Å². The van der Waals surface area contributed by atoms with E-state index in [0.29, 0.717) is 21.5 Å². The second-order valence-corrected chi connectivity index (χ2v) is 6.19. The number of hydrogen-bond donors (Lipinski definition) is 1. The molecule has 3 aromatic rings. The number of halogens is 2. The van der Waals surface area contributed by atoms with E-state index in [1.54, 1.807) is 12.3 Å². The molecule has 1 N–H and O–H groups in total. The molecule has 2 heterocycles. The van der Waals surface area contributed by atoms with E-state index in [0.717, 1.165) is 16.8 Å². The minimum absolute atomic E-state index is 0.470. The number of thiazole rings is 1. The van der Waals surface area contributed by atoms with Gasteiger partial charge in [-0.2, -0.15) is 0 Å². The monoisotopic (exact) mass is 335 g/mol. The third-order valence-corrected chi connectivity index (χ3v) is 4.35. The molecular formula is C15H11Cl2N3S. The lowest BCUT2D eigenvalue weighted by molar-refractivity contribution is 0.764. The topological polar surface area (TPSA) is 41.7 Å². The van der Waals surface area contributed by atoms with Gasteiger partial charge in [0, 0.05) is 16.6 Å². The number of nitrogens with zero attached hydrogens (tertiary/aromatic N) is 2. The van der Waals surface area contributed by atoms with Crippen molar-refractivity contribution in [3.8, 4) is 11.3 Å². The van der Waals surface area contributed by atoms with Crippen molar-refractivity contribution in [2.75, 3.05) is 0 Å². The molecular weight excluding hydrogens is 325 g/mol. The van der Waals surface area contributed by atoms with Gasteiger partial charge in [0.1, 0.15) is 5.15 Å². The number of hydrogen-bond acceptors (Lipinski definition) is 3. The number of pyridine rings is 1. The molecule has 6 heteroatoms. The first-order valence-electron chi connectivity index (χ1n) is 6.23. The summed E-state index contributed by atoms with van der Waals surface area (Å²) in [7, 11) is 0. The van der Waals surface area contributed by atoms with Crippen molar-refractivity contribution >= 4 is 34.5 Å². The molecule has 0 unspecified atom stereocenters. The maximum atomic E-state index is 8.08. The third-order valence-electron chi connectivity index (χ3n) is 3.09. The SMILES string of the molecule is N=c1scc(-c2ccc(Cl)cc2)n1Cc1ccc(Cl)nc1. The van der Waals surface area contributed by atoms with Crippen molar-refractivity contribution in [3.63, 3.8) is 0 Å². The van der Waals surface area contributed by atoms with Gasteiger partial charge in [-0.3, -0.25) is 5.41 Å². The molecule has 1 aromatic carbocycles. The molecule has 0 atom stereocenters. The van der Waals surface area contributed by atoms with Crippen LogP contribution in [0.5, 0.6) is 0 Å². The van der Waals surface area contributed by atoms with Gasteiger partial charge in [0.05, 0.1) is 12.2 Å². The first kappa shape index (κ1) is 14.3. The van der Waals surface area contributed by atoms with Crippen molar-refractivity contribution in [2.24, 2.45) is 0 Å². The van der Waals surface area contributed by atoms with E-state index in [2.05, 4.69) is 4.98 Å². The number of benzene rings is 1. The minimum Gasteiger partial charge on any atom is -0.312 e. The molecule has 3 rings (SSSR count). The van der Waals surface area contributed by atoms with E-state index >= 15 is 0 Å². The van der Waals surface area contributed by atoms with Gasteiger partial charge in [0.15, 0.2) is 4.80 Å². The zero-order chi connectivity index (χ0) is 14.8. The third kappa shape index (κ3) is 3.18. The molecule has 0 aliphatic heterocycles. The normalized spacial score (nSPS) is 10.8. The molecule has 2 aromatic heterocycles. The first-order valence-corrected chi connectivity index (χ1v) is 7.86.